The first kappa shape index (κ1) is 51.3. The van der Waals surface area contributed by atoms with Crippen LogP contribution in [0.5, 0.6) is 0 Å². The molecule has 2 aliphatic rings. The van der Waals surface area contributed by atoms with E-state index in [1.54, 1.807) is 0 Å². The molecule has 4 heterocycles. The number of benzene rings is 6. The van der Waals surface area contributed by atoms with E-state index in [4.69, 9.17) is 32.1 Å². The number of hydrogen-bond donors (Lipinski definition) is 0. The van der Waals surface area contributed by atoms with E-state index in [0.29, 0.717) is 0 Å². The molecule has 2 aromatic heterocycles. The maximum Gasteiger partial charge on any atom is 1.00 e. The van der Waals surface area contributed by atoms with Gasteiger partial charge in [0.2, 0.25) is 0 Å². The molecule has 0 aliphatic carbocycles. The van der Waals surface area contributed by atoms with Gasteiger partial charge in [0, 0.05) is 43.2 Å². The molecule has 7 nitrogen and oxygen atoms in total. The van der Waals surface area contributed by atoms with Crippen LogP contribution in [0.1, 0.15) is 89.0 Å². The molecule has 0 N–H and O–H groups in total. The van der Waals surface area contributed by atoms with Crippen molar-refractivity contribution in [2.45, 2.75) is 118 Å². The number of furan rings is 2. The van der Waals surface area contributed by atoms with Crippen molar-refractivity contribution >= 4 is 79.7 Å². The molecule has 66 heavy (non-hydrogen) atoms. The normalized spacial score (nSPS) is 16.6. The van der Waals surface area contributed by atoms with E-state index in [2.05, 4.69) is 142 Å². The zero-order valence-corrected chi connectivity index (χ0v) is 42.4. The van der Waals surface area contributed by atoms with Gasteiger partial charge in [-0.3, -0.25) is 0 Å². The number of para-hydroxylation sites is 4. The average molecular weight is 944 g/mol. The van der Waals surface area contributed by atoms with Crippen LogP contribution in [0.25, 0.3) is 66.1 Å². The van der Waals surface area contributed by atoms with Gasteiger partial charge in [-0.25, -0.2) is 0 Å². The van der Waals surface area contributed by atoms with Crippen LogP contribution in [0.4, 0.5) is 0 Å². The Morgan fingerprint density at radius 1 is 0.545 bits per heavy atom. The van der Waals surface area contributed by atoms with Gasteiger partial charge < -0.3 is 39.0 Å². The molecule has 11 heteroatoms. The minimum Gasteiger partial charge on any atom is -0.455 e. The number of fused-ring (bicyclic) bond motifs is 6. The van der Waals surface area contributed by atoms with E-state index >= 15 is 0 Å². The van der Waals surface area contributed by atoms with Crippen molar-refractivity contribution < 1.29 is 51.0 Å². The van der Waals surface area contributed by atoms with Crippen molar-refractivity contribution in [3.05, 3.63) is 145 Å². The molecule has 0 spiro atoms. The Hall–Kier alpha value is -4.07. The van der Waals surface area contributed by atoms with E-state index in [9.17, 15) is 0 Å². The summed E-state index contributed by atoms with van der Waals surface area (Å²) in [5.41, 5.74) is 7.87. The van der Waals surface area contributed by atoms with Gasteiger partial charge >= 0.3 is 33.3 Å². The summed E-state index contributed by atoms with van der Waals surface area (Å²) in [7, 11) is -0.898. The minimum absolute atomic E-state index is 0. The van der Waals surface area contributed by atoms with Crippen molar-refractivity contribution in [3.63, 3.8) is 0 Å². The van der Waals surface area contributed by atoms with Crippen LogP contribution in [0.3, 0.4) is 0 Å². The first-order valence-corrected chi connectivity index (χ1v) is 23.5. The molecule has 0 radical (unpaired) electrons. The molecule has 0 amide bonds. The van der Waals surface area contributed by atoms with Crippen LogP contribution in [0.15, 0.2) is 147 Å². The van der Waals surface area contributed by atoms with E-state index in [1.165, 1.54) is 11.8 Å². The van der Waals surface area contributed by atoms with Crippen molar-refractivity contribution in [3.8, 4) is 22.3 Å². The summed E-state index contributed by atoms with van der Waals surface area (Å²) in [5, 5.41) is 4.60. The molecule has 2 saturated heterocycles. The fourth-order valence-electron chi connectivity index (χ4n) is 7.50. The number of unbranched alkanes of at least 4 members (excludes halogenated alkanes) is 1. The summed E-state index contributed by atoms with van der Waals surface area (Å²) >= 11 is 3.53. The van der Waals surface area contributed by atoms with E-state index in [0.717, 1.165) is 77.1 Å². The Balaban J connectivity index is 0.000000166. The third kappa shape index (κ3) is 11.1. The van der Waals surface area contributed by atoms with Crippen LogP contribution in [-0.2, 0) is 23.3 Å². The van der Waals surface area contributed by atoms with Gasteiger partial charge in [0.15, 0.2) is 0 Å². The van der Waals surface area contributed by atoms with Gasteiger partial charge in [-0.15, -0.1) is 0 Å². The predicted octanol–water partition coefficient (Wildman–Crippen LogP) is 12.2. The molecule has 0 bridgehead atoms. The quantitative estimate of drug-likeness (QED) is 0.121. The summed E-state index contributed by atoms with van der Waals surface area (Å²) in [4.78, 5) is 0. The molecule has 0 atom stereocenters. The largest absolute Gasteiger partial charge is 1.00 e. The minimum atomic E-state index is -0.523. The van der Waals surface area contributed by atoms with Crippen LogP contribution in [-0.4, -0.2) is 42.9 Å². The second-order valence-electron chi connectivity index (χ2n) is 18.9. The first-order chi connectivity index (χ1) is 30.8. The van der Waals surface area contributed by atoms with Crippen molar-refractivity contribution in [2.24, 2.45) is 0 Å². The number of hydrogen-bond acceptors (Lipinski definition) is 7. The topological polar surface area (TPSA) is 72.4 Å². The molecule has 2 fully saturated rings. The maximum absolute atomic E-state index is 6.23. The van der Waals surface area contributed by atoms with E-state index < -0.39 is 7.32 Å². The Labute approximate surface area is 412 Å². The Morgan fingerprint density at radius 2 is 0.955 bits per heavy atom. The predicted molar refractivity (Wildman–Crippen MR) is 274 cm³/mol. The van der Waals surface area contributed by atoms with Gasteiger partial charge in [-0.1, -0.05) is 138 Å². The first-order valence-electron chi connectivity index (χ1n) is 22.7. The Bertz CT molecular complexity index is 2850. The molecule has 0 saturated carbocycles. The molecule has 6 aromatic carbocycles. The molecular weight excluding hydrogens is 881 g/mol. The Morgan fingerprint density at radius 3 is 1.41 bits per heavy atom. The average Bonchev–Trinajstić information content (AvgIpc) is 3.96. The van der Waals surface area contributed by atoms with Crippen molar-refractivity contribution in [1.82, 2.24) is 0 Å². The SMILES string of the molecule is Brc1cccc(-c2cccc3c2oc2ccccc23)c1.CC(C)OB1OC(C)(C)C(C)(C)O1.CC1(C)OB(c2cccc(-c3cccc4c3oc3ccccc34)c2)OC1(C)C.[CH2-]CCC.[Li+]. The monoisotopic (exact) mass is 942 g/mol. The summed E-state index contributed by atoms with van der Waals surface area (Å²) in [6.07, 6.45) is 2.40. The number of halogens is 1. The van der Waals surface area contributed by atoms with E-state index in [1.807, 2.05) is 90.1 Å². The third-order valence-electron chi connectivity index (χ3n) is 12.6. The molecule has 0 unspecified atom stereocenters. The second-order valence-corrected chi connectivity index (χ2v) is 19.8. The van der Waals surface area contributed by atoms with Crippen LogP contribution in [0.2, 0.25) is 0 Å². The zero-order chi connectivity index (χ0) is 46.7. The van der Waals surface area contributed by atoms with Gasteiger partial charge in [-0.05, 0) is 110 Å². The molecular formula is C55H62B2BrLiO7. The van der Waals surface area contributed by atoms with Crippen LogP contribution < -0.4 is 24.3 Å². The fourth-order valence-corrected chi connectivity index (χ4v) is 7.90. The molecule has 8 aromatic rings. The third-order valence-corrected chi connectivity index (χ3v) is 13.1. The molecule has 10 rings (SSSR count). The summed E-state index contributed by atoms with van der Waals surface area (Å²) in [6, 6.07) is 45.6. The van der Waals surface area contributed by atoms with Gasteiger partial charge in [0.05, 0.1) is 22.4 Å². The zero-order valence-electron chi connectivity index (χ0n) is 40.8. The standard InChI is InChI=1S/C24H23BO3.C18H11BrO.C9H19BO3.C4H9.Li/c1-23(2)24(3,4)28-25(27-23)17-10-7-9-16(15-17)18-12-8-13-20-19-11-5-6-14-21(19)26-22(18)20;19-13-6-3-5-12(11-13)14-8-4-9-16-15-7-1-2-10-17(15)20-18(14)16;1-7(2)11-10-12-8(3,4)9(5,6)13-10;1-3-4-2;/h5-15H,1-4H3;1-11H;7H,1-6H3;1,3-4H2,2H3;/q;;;-1;+1. The van der Waals surface area contributed by atoms with Crippen molar-refractivity contribution in [1.29, 1.82) is 0 Å². The number of rotatable bonds is 6. The molecule has 338 valence electrons. The summed E-state index contributed by atoms with van der Waals surface area (Å²) < 4.78 is 42.5. The smallest absolute Gasteiger partial charge is 0.455 e. The fraction of sp³-hybridized carbons (Fsp3) is 0.327. The van der Waals surface area contributed by atoms with E-state index in [-0.39, 0.29) is 54.5 Å². The van der Waals surface area contributed by atoms with Crippen molar-refractivity contribution in [2.75, 3.05) is 0 Å². The van der Waals surface area contributed by atoms with Crippen LogP contribution in [0, 0.1) is 6.92 Å². The summed E-state index contributed by atoms with van der Waals surface area (Å²) in [5.74, 6) is 0. The second kappa shape index (κ2) is 21.1. The van der Waals surface area contributed by atoms with Gasteiger partial charge in [0.1, 0.15) is 22.3 Å². The molecule has 2 aliphatic heterocycles. The summed E-state index contributed by atoms with van der Waals surface area (Å²) in [6.45, 7) is 26.0. The van der Waals surface area contributed by atoms with Gasteiger partial charge in [-0.2, -0.15) is 6.42 Å². The van der Waals surface area contributed by atoms with Gasteiger partial charge in [0.25, 0.3) is 0 Å². The Kier molecular flexibility index (Phi) is 16.4. The maximum atomic E-state index is 6.23. The van der Waals surface area contributed by atoms with Crippen LogP contribution >= 0.6 is 15.9 Å².